The predicted molar refractivity (Wildman–Crippen MR) is 82.7 cm³/mol. The van der Waals surface area contributed by atoms with Crippen LogP contribution in [-0.2, 0) is 13.1 Å². The van der Waals surface area contributed by atoms with Crippen molar-refractivity contribution in [3.63, 3.8) is 0 Å². The highest BCUT2D eigenvalue weighted by Crippen LogP contribution is 2.32. The number of hydrogen-bond acceptors (Lipinski definition) is 2. The van der Waals surface area contributed by atoms with E-state index in [1.54, 1.807) is 13.2 Å². The van der Waals surface area contributed by atoms with Gasteiger partial charge >= 0.3 is 0 Å². The number of carbonyl (C=O) groups is 1. The van der Waals surface area contributed by atoms with Crippen molar-refractivity contribution >= 4 is 17.5 Å². The first-order valence-electron chi connectivity index (χ1n) is 7.01. The Labute approximate surface area is 137 Å². The van der Waals surface area contributed by atoms with Gasteiger partial charge in [0.05, 0.1) is 17.7 Å². The van der Waals surface area contributed by atoms with Crippen molar-refractivity contribution in [3.8, 4) is 5.75 Å². The molecule has 0 aliphatic carbocycles. The van der Waals surface area contributed by atoms with Crippen molar-refractivity contribution in [1.29, 1.82) is 0 Å². The van der Waals surface area contributed by atoms with Crippen LogP contribution in [0, 0.1) is 18.6 Å². The molecule has 1 aliphatic rings. The summed E-state index contributed by atoms with van der Waals surface area (Å²) in [6, 6.07) is 5.59. The van der Waals surface area contributed by atoms with Crippen LogP contribution in [0.5, 0.6) is 5.75 Å². The lowest BCUT2D eigenvalue weighted by molar-refractivity contribution is 0.0764. The average molecular weight is 338 g/mol. The lowest BCUT2D eigenvalue weighted by Crippen LogP contribution is -2.24. The van der Waals surface area contributed by atoms with Gasteiger partial charge in [0.15, 0.2) is 0 Å². The SMILES string of the molecule is COc1ccc2c(c1C)C(=O)N(Cc1cc(Cl)c(F)cc1F)C2. The first-order chi connectivity index (χ1) is 10.9. The molecule has 3 rings (SSSR count). The molecule has 0 bridgehead atoms. The summed E-state index contributed by atoms with van der Waals surface area (Å²) >= 11 is 5.70. The maximum absolute atomic E-state index is 13.9. The van der Waals surface area contributed by atoms with Gasteiger partial charge in [-0.3, -0.25) is 4.79 Å². The minimum atomic E-state index is -0.815. The smallest absolute Gasteiger partial charge is 0.255 e. The maximum Gasteiger partial charge on any atom is 0.255 e. The second kappa shape index (κ2) is 5.81. The van der Waals surface area contributed by atoms with Gasteiger partial charge in [-0.15, -0.1) is 0 Å². The molecule has 0 saturated carbocycles. The van der Waals surface area contributed by atoms with E-state index >= 15 is 0 Å². The van der Waals surface area contributed by atoms with Crippen LogP contribution in [0.3, 0.4) is 0 Å². The van der Waals surface area contributed by atoms with Gasteiger partial charge in [0.1, 0.15) is 17.4 Å². The molecule has 1 amide bonds. The van der Waals surface area contributed by atoms with Crippen LogP contribution < -0.4 is 4.74 Å². The van der Waals surface area contributed by atoms with E-state index in [4.69, 9.17) is 16.3 Å². The number of halogens is 3. The zero-order valence-corrected chi connectivity index (χ0v) is 13.4. The summed E-state index contributed by atoms with van der Waals surface area (Å²) in [5.41, 5.74) is 2.39. The second-order valence-electron chi connectivity index (χ2n) is 5.45. The molecule has 0 aromatic heterocycles. The maximum atomic E-state index is 13.9. The molecular formula is C17H14ClF2NO2. The van der Waals surface area contributed by atoms with Crippen LogP contribution in [0.25, 0.3) is 0 Å². The van der Waals surface area contributed by atoms with Gasteiger partial charge in [-0.1, -0.05) is 17.7 Å². The fraction of sp³-hybridized carbons (Fsp3) is 0.235. The Morgan fingerprint density at radius 1 is 1.26 bits per heavy atom. The van der Waals surface area contributed by atoms with Gasteiger partial charge in [-0.2, -0.15) is 0 Å². The number of carbonyl (C=O) groups excluding carboxylic acids is 1. The first-order valence-corrected chi connectivity index (χ1v) is 7.39. The highest BCUT2D eigenvalue weighted by Gasteiger charge is 2.30. The highest BCUT2D eigenvalue weighted by molar-refractivity contribution is 6.30. The van der Waals surface area contributed by atoms with Crippen molar-refractivity contribution in [2.45, 2.75) is 20.0 Å². The van der Waals surface area contributed by atoms with Gasteiger partial charge in [0.25, 0.3) is 5.91 Å². The van der Waals surface area contributed by atoms with Crippen molar-refractivity contribution in [2.24, 2.45) is 0 Å². The van der Waals surface area contributed by atoms with E-state index in [-0.39, 0.29) is 23.0 Å². The van der Waals surface area contributed by atoms with Crippen LogP contribution >= 0.6 is 11.6 Å². The molecule has 3 nitrogen and oxygen atoms in total. The molecule has 0 unspecified atom stereocenters. The molecule has 2 aromatic rings. The third-order valence-corrected chi connectivity index (χ3v) is 4.32. The number of methoxy groups -OCH3 is 1. The minimum Gasteiger partial charge on any atom is -0.496 e. The molecule has 0 saturated heterocycles. The Morgan fingerprint density at radius 2 is 2.00 bits per heavy atom. The third kappa shape index (κ3) is 2.65. The van der Waals surface area contributed by atoms with Crippen molar-refractivity contribution in [2.75, 3.05) is 7.11 Å². The molecule has 2 aromatic carbocycles. The van der Waals surface area contributed by atoms with Crippen molar-refractivity contribution in [3.05, 3.63) is 63.2 Å². The number of hydrogen-bond donors (Lipinski definition) is 0. The standard InChI is InChI=1S/C17H14ClF2NO2/c1-9-15(23-2)4-3-10-7-21(17(22)16(9)10)8-11-5-12(18)14(20)6-13(11)19/h3-6H,7-8H2,1-2H3. The summed E-state index contributed by atoms with van der Waals surface area (Å²) in [6.45, 7) is 2.21. The zero-order chi connectivity index (χ0) is 16.7. The van der Waals surface area contributed by atoms with Crippen LogP contribution in [0.2, 0.25) is 5.02 Å². The Kier molecular flexibility index (Phi) is 3.98. The van der Waals surface area contributed by atoms with E-state index in [9.17, 15) is 13.6 Å². The molecule has 6 heteroatoms. The quantitative estimate of drug-likeness (QED) is 0.789. The molecule has 0 spiro atoms. The second-order valence-corrected chi connectivity index (χ2v) is 5.85. The lowest BCUT2D eigenvalue weighted by atomic mass is 10.0. The largest absolute Gasteiger partial charge is 0.496 e. The number of fused-ring (bicyclic) bond motifs is 1. The van der Waals surface area contributed by atoms with E-state index in [2.05, 4.69) is 0 Å². The Bertz CT molecular complexity index is 808. The number of benzene rings is 2. The lowest BCUT2D eigenvalue weighted by Gasteiger charge is -2.16. The van der Waals surface area contributed by atoms with Crippen LogP contribution in [0.1, 0.15) is 27.0 Å². The molecule has 0 N–H and O–H groups in total. The highest BCUT2D eigenvalue weighted by atomic mass is 35.5. The summed E-state index contributed by atoms with van der Waals surface area (Å²) in [7, 11) is 1.54. The summed E-state index contributed by atoms with van der Waals surface area (Å²) < 4.78 is 32.3. The zero-order valence-electron chi connectivity index (χ0n) is 12.6. The molecule has 1 heterocycles. The van der Waals surface area contributed by atoms with E-state index < -0.39 is 11.6 Å². The molecule has 0 radical (unpaired) electrons. The van der Waals surface area contributed by atoms with Gasteiger partial charge < -0.3 is 9.64 Å². The fourth-order valence-electron chi connectivity index (χ4n) is 2.85. The molecule has 23 heavy (non-hydrogen) atoms. The van der Waals surface area contributed by atoms with Crippen LogP contribution in [-0.4, -0.2) is 17.9 Å². The third-order valence-electron chi connectivity index (χ3n) is 4.03. The average Bonchev–Trinajstić information content (AvgIpc) is 2.82. The van der Waals surface area contributed by atoms with E-state index in [0.717, 1.165) is 17.2 Å². The molecule has 120 valence electrons. The Balaban J connectivity index is 1.91. The van der Waals surface area contributed by atoms with E-state index in [1.807, 2.05) is 13.0 Å². The summed E-state index contributed by atoms with van der Waals surface area (Å²) in [4.78, 5) is 14.1. The van der Waals surface area contributed by atoms with E-state index in [0.29, 0.717) is 17.9 Å². The first kappa shape index (κ1) is 15.7. The summed E-state index contributed by atoms with van der Waals surface area (Å²) in [5.74, 6) is -1.10. The monoisotopic (exact) mass is 337 g/mol. The fourth-order valence-corrected chi connectivity index (χ4v) is 3.04. The number of rotatable bonds is 3. The number of amides is 1. The van der Waals surface area contributed by atoms with Crippen LogP contribution in [0.4, 0.5) is 8.78 Å². The van der Waals surface area contributed by atoms with Crippen molar-refractivity contribution < 1.29 is 18.3 Å². The Morgan fingerprint density at radius 3 is 2.70 bits per heavy atom. The molecule has 0 atom stereocenters. The van der Waals surface area contributed by atoms with Gasteiger partial charge in [0.2, 0.25) is 0 Å². The minimum absolute atomic E-state index is 0.0289. The summed E-state index contributed by atoms with van der Waals surface area (Å²) in [6.07, 6.45) is 0. The Hall–Kier alpha value is -2.14. The molecule has 0 fully saturated rings. The summed E-state index contributed by atoms with van der Waals surface area (Å²) in [5, 5.41) is -0.164. The molecule has 1 aliphatic heterocycles. The van der Waals surface area contributed by atoms with Gasteiger partial charge in [-0.05, 0) is 24.6 Å². The van der Waals surface area contributed by atoms with Gasteiger partial charge in [0, 0.05) is 30.3 Å². The van der Waals surface area contributed by atoms with Crippen LogP contribution in [0.15, 0.2) is 24.3 Å². The molecular weight excluding hydrogens is 324 g/mol. The van der Waals surface area contributed by atoms with Gasteiger partial charge in [-0.25, -0.2) is 8.78 Å². The topological polar surface area (TPSA) is 29.5 Å². The van der Waals surface area contributed by atoms with E-state index in [1.165, 1.54) is 11.0 Å². The predicted octanol–water partition coefficient (Wildman–Crippen LogP) is 4.09. The normalized spacial score (nSPS) is 13.4. The number of ether oxygens (including phenoxy) is 1. The van der Waals surface area contributed by atoms with Crippen molar-refractivity contribution in [1.82, 2.24) is 4.90 Å². The number of nitrogens with zero attached hydrogens (tertiary/aromatic N) is 1.